The van der Waals surface area contributed by atoms with Gasteiger partial charge in [-0.15, -0.1) is 0 Å². The molecule has 0 aliphatic rings. The van der Waals surface area contributed by atoms with E-state index in [9.17, 15) is 14.4 Å². The summed E-state index contributed by atoms with van der Waals surface area (Å²) >= 11 is 0.939. The normalized spacial score (nSPS) is 14.1. The van der Waals surface area contributed by atoms with Crippen molar-refractivity contribution in [1.82, 2.24) is 5.32 Å². The van der Waals surface area contributed by atoms with Crippen LogP contribution in [0.4, 0.5) is 0 Å². The molecular formula is C10H16N2O5S. The second-order valence-electron chi connectivity index (χ2n) is 3.37. The lowest BCUT2D eigenvalue weighted by molar-refractivity contribution is -0.140. The van der Waals surface area contributed by atoms with Gasteiger partial charge in [0.05, 0.1) is 0 Å². The molecule has 0 aromatic heterocycles. The number of carboxylic acid groups (broad SMARTS) is 2. The van der Waals surface area contributed by atoms with Crippen LogP contribution < -0.4 is 11.1 Å². The number of amides is 1. The smallest absolute Gasteiger partial charge is 0.337 e. The molecule has 0 heterocycles. The number of thioether (sulfide) groups is 1. The Hall–Kier alpha value is -1.54. The van der Waals surface area contributed by atoms with Crippen molar-refractivity contribution in [2.24, 2.45) is 5.73 Å². The minimum atomic E-state index is -1.19. The van der Waals surface area contributed by atoms with Crippen molar-refractivity contribution in [2.45, 2.75) is 31.2 Å². The zero-order valence-electron chi connectivity index (χ0n) is 9.83. The fourth-order valence-corrected chi connectivity index (χ4v) is 1.57. The van der Waals surface area contributed by atoms with Crippen LogP contribution in [0.5, 0.6) is 0 Å². The number of hydrogen-bond donors (Lipinski definition) is 4. The van der Waals surface area contributed by atoms with E-state index in [0.717, 1.165) is 11.8 Å². The van der Waals surface area contributed by atoms with E-state index < -0.39 is 29.3 Å². The monoisotopic (exact) mass is 276 g/mol. The van der Waals surface area contributed by atoms with E-state index in [1.807, 2.05) is 0 Å². The Balaban J connectivity index is 4.18. The van der Waals surface area contributed by atoms with Crippen molar-refractivity contribution in [1.29, 1.82) is 0 Å². The van der Waals surface area contributed by atoms with Gasteiger partial charge in [0.25, 0.3) is 0 Å². The van der Waals surface area contributed by atoms with Gasteiger partial charge >= 0.3 is 11.9 Å². The van der Waals surface area contributed by atoms with Gasteiger partial charge in [-0.2, -0.15) is 0 Å². The van der Waals surface area contributed by atoms with Gasteiger partial charge in [0.1, 0.15) is 6.04 Å². The Morgan fingerprint density at radius 3 is 2.39 bits per heavy atom. The Morgan fingerprint density at radius 1 is 1.33 bits per heavy atom. The summed E-state index contributed by atoms with van der Waals surface area (Å²) in [5.74, 6) is -2.91. The minimum absolute atomic E-state index is 0.0399. The number of nitrogens with one attached hydrogen (secondary N) is 1. The number of carbonyl (C=O) groups excluding carboxylic acids is 1. The Bertz CT molecular complexity index is 345. The van der Waals surface area contributed by atoms with Gasteiger partial charge in [-0.3, -0.25) is 9.59 Å². The van der Waals surface area contributed by atoms with Gasteiger partial charge in [0.2, 0.25) is 5.91 Å². The van der Waals surface area contributed by atoms with Crippen molar-refractivity contribution >= 4 is 29.6 Å². The zero-order valence-corrected chi connectivity index (χ0v) is 10.6. The summed E-state index contributed by atoms with van der Waals surface area (Å²) < 4.78 is 0. The molecule has 0 spiro atoms. The zero-order chi connectivity index (χ0) is 14.1. The van der Waals surface area contributed by atoms with Gasteiger partial charge in [0.15, 0.2) is 5.37 Å². The molecule has 8 heteroatoms. The Kier molecular flexibility index (Phi) is 7.81. The average Bonchev–Trinajstić information content (AvgIpc) is 2.30. The largest absolute Gasteiger partial charge is 0.480 e. The number of aliphatic carboxylic acids is 2. The first kappa shape index (κ1) is 16.5. The maximum atomic E-state index is 11.4. The van der Waals surface area contributed by atoms with Crippen LogP contribution >= 0.6 is 11.8 Å². The molecular weight excluding hydrogens is 260 g/mol. The third-order valence-electron chi connectivity index (χ3n) is 1.87. The van der Waals surface area contributed by atoms with E-state index >= 15 is 0 Å². The topological polar surface area (TPSA) is 130 Å². The lowest BCUT2D eigenvalue weighted by Gasteiger charge is -2.12. The summed E-state index contributed by atoms with van der Waals surface area (Å²) in [4.78, 5) is 32.6. The highest BCUT2D eigenvalue weighted by atomic mass is 32.2. The first-order valence-electron chi connectivity index (χ1n) is 5.15. The highest BCUT2D eigenvalue weighted by Gasteiger charge is 2.20. The van der Waals surface area contributed by atoms with E-state index in [0.29, 0.717) is 0 Å². The van der Waals surface area contributed by atoms with Gasteiger partial charge in [-0.1, -0.05) is 17.8 Å². The molecule has 0 radical (unpaired) electrons. The highest BCUT2D eigenvalue weighted by Crippen LogP contribution is 2.10. The van der Waals surface area contributed by atoms with Crippen molar-refractivity contribution < 1.29 is 24.6 Å². The van der Waals surface area contributed by atoms with Gasteiger partial charge < -0.3 is 21.3 Å². The summed E-state index contributed by atoms with van der Waals surface area (Å²) in [5.41, 5.74) is 5.22. The summed E-state index contributed by atoms with van der Waals surface area (Å²) in [6.45, 7) is 1.72. The van der Waals surface area contributed by atoms with Crippen LogP contribution in [0.1, 0.15) is 19.8 Å². The van der Waals surface area contributed by atoms with Crippen molar-refractivity contribution in [3.63, 3.8) is 0 Å². The molecule has 1 amide bonds. The third kappa shape index (κ3) is 6.92. The molecule has 0 aliphatic heterocycles. The second-order valence-corrected chi connectivity index (χ2v) is 4.39. The SMILES string of the molecule is CC=CSC(NC(=O)CCC(N)C(=O)O)C(=O)O. The van der Waals surface area contributed by atoms with Gasteiger partial charge in [-0.05, 0) is 18.8 Å². The van der Waals surface area contributed by atoms with Crippen LogP contribution in [0.2, 0.25) is 0 Å². The molecule has 0 aromatic rings. The number of carbonyl (C=O) groups is 3. The minimum Gasteiger partial charge on any atom is -0.480 e. The van der Waals surface area contributed by atoms with Crippen LogP contribution in [0.3, 0.4) is 0 Å². The van der Waals surface area contributed by atoms with E-state index in [1.54, 1.807) is 18.4 Å². The van der Waals surface area contributed by atoms with E-state index in [-0.39, 0.29) is 12.8 Å². The quantitative estimate of drug-likeness (QED) is 0.458. The van der Waals surface area contributed by atoms with E-state index in [4.69, 9.17) is 15.9 Å². The third-order valence-corrected chi connectivity index (χ3v) is 2.89. The first-order valence-corrected chi connectivity index (χ1v) is 6.10. The van der Waals surface area contributed by atoms with Crippen LogP contribution in [0.15, 0.2) is 11.5 Å². The van der Waals surface area contributed by atoms with Gasteiger partial charge in [0, 0.05) is 6.42 Å². The van der Waals surface area contributed by atoms with Crippen LogP contribution in [0, 0.1) is 0 Å². The van der Waals surface area contributed by atoms with E-state index in [1.165, 1.54) is 0 Å². The second kappa shape index (κ2) is 8.54. The van der Waals surface area contributed by atoms with Crippen LogP contribution in [-0.4, -0.2) is 39.5 Å². The summed E-state index contributed by atoms with van der Waals surface area (Å²) in [5, 5.41) is 20.1. The fraction of sp³-hybridized carbons (Fsp3) is 0.500. The number of hydrogen-bond acceptors (Lipinski definition) is 5. The maximum Gasteiger partial charge on any atom is 0.337 e. The molecule has 0 saturated carbocycles. The van der Waals surface area contributed by atoms with Crippen molar-refractivity contribution in [3.8, 4) is 0 Å². The van der Waals surface area contributed by atoms with Crippen molar-refractivity contribution in [2.75, 3.05) is 0 Å². The molecule has 0 aromatic carbocycles. The standard InChI is InChI=1S/C10H16N2O5S/c1-2-5-18-8(10(16)17)12-7(13)4-3-6(11)9(14)15/h2,5-6,8H,3-4,11H2,1H3,(H,12,13)(H,14,15)(H,16,17). The molecule has 0 saturated heterocycles. The fourth-order valence-electron chi connectivity index (χ4n) is 0.940. The molecule has 102 valence electrons. The molecule has 0 aliphatic carbocycles. The van der Waals surface area contributed by atoms with Crippen LogP contribution in [0.25, 0.3) is 0 Å². The summed E-state index contributed by atoms with van der Waals surface area (Å²) in [7, 11) is 0. The summed E-state index contributed by atoms with van der Waals surface area (Å²) in [6.07, 6.45) is 1.47. The maximum absolute atomic E-state index is 11.4. The lowest BCUT2D eigenvalue weighted by atomic mass is 10.1. The van der Waals surface area contributed by atoms with Gasteiger partial charge in [-0.25, -0.2) is 4.79 Å². The molecule has 0 fully saturated rings. The molecule has 5 N–H and O–H groups in total. The molecule has 2 atom stereocenters. The first-order chi connectivity index (χ1) is 8.38. The predicted octanol–water partition coefficient (Wildman–Crippen LogP) is -0.0278. The average molecular weight is 276 g/mol. The Morgan fingerprint density at radius 2 is 1.94 bits per heavy atom. The number of nitrogens with two attached hydrogens (primary N) is 1. The van der Waals surface area contributed by atoms with E-state index in [2.05, 4.69) is 5.32 Å². The molecule has 2 unspecified atom stereocenters. The number of rotatable bonds is 8. The van der Waals surface area contributed by atoms with Crippen LogP contribution in [-0.2, 0) is 14.4 Å². The van der Waals surface area contributed by atoms with Crippen molar-refractivity contribution in [3.05, 3.63) is 11.5 Å². The lowest BCUT2D eigenvalue weighted by Crippen LogP contribution is -2.39. The molecule has 7 nitrogen and oxygen atoms in total. The molecule has 0 bridgehead atoms. The predicted molar refractivity (Wildman–Crippen MR) is 66.8 cm³/mol. The molecule has 0 rings (SSSR count). The number of carboxylic acids is 2. The number of allylic oxidation sites excluding steroid dienone is 1. The highest BCUT2D eigenvalue weighted by molar-refractivity contribution is 8.03. The summed E-state index contributed by atoms with van der Waals surface area (Å²) in [6, 6.07) is -1.12. The Labute approximate surface area is 108 Å². The molecule has 18 heavy (non-hydrogen) atoms.